The summed E-state index contributed by atoms with van der Waals surface area (Å²) in [4.78, 5) is 2.55. The van der Waals surface area contributed by atoms with Gasteiger partial charge in [0.2, 0.25) is 0 Å². The zero-order valence-corrected chi connectivity index (χ0v) is 14.6. The molecule has 2 rings (SSSR count). The van der Waals surface area contributed by atoms with Crippen LogP contribution in [0, 0.1) is 11.3 Å². The minimum absolute atomic E-state index is 0.416. The molecule has 5 heteroatoms. The predicted molar refractivity (Wildman–Crippen MR) is 89.1 cm³/mol. The van der Waals surface area contributed by atoms with Crippen LogP contribution in [0.1, 0.15) is 32.6 Å². The van der Waals surface area contributed by atoms with Crippen molar-refractivity contribution in [2.75, 3.05) is 57.9 Å². The van der Waals surface area contributed by atoms with Gasteiger partial charge < -0.3 is 15.0 Å². The number of nitrogens with zero attached hydrogens (tertiary/aromatic N) is 1. The number of hydrogen-bond donors (Lipinski definition) is 1. The Hall–Kier alpha value is 0.0300. The summed E-state index contributed by atoms with van der Waals surface area (Å²) in [7, 11) is 1.19. The standard InChI is InChI=1S/C16H32N2O2S/c1-15-3-5-16(6-4-15,13-17-7-10-20-2)14-18-8-11-21(19)12-9-18/h15,17H,3-14H2,1-2H3. The van der Waals surface area contributed by atoms with E-state index in [4.69, 9.17) is 4.74 Å². The van der Waals surface area contributed by atoms with Crippen molar-refractivity contribution >= 4 is 10.8 Å². The van der Waals surface area contributed by atoms with Crippen molar-refractivity contribution in [1.82, 2.24) is 10.2 Å². The van der Waals surface area contributed by atoms with Crippen LogP contribution in [0.15, 0.2) is 0 Å². The van der Waals surface area contributed by atoms with Gasteiger partial charge in [0.1, 0.15) is 0 Å². The van der Waals surface area contributed by atoms with E-state index in [1.807, 2.05) is 0 Å². The monoisotopic (exact) mass is 316 g/mol. The van der Waals surface area contributed by atoms with Crippen molar-refractivity contribution in [1.29, 1.82) is 0 Å². The van der Waals surface area contributed by atoms with E-state index < -0.39 is 10.8 Å². The Morgan fingerprint density at radius 1 is 1.29 bits per heavy atom. The van der Waals surface area contributed by atoms with Crippen LogP contribution < -0.4 is 5.32 Å². The maximum Gasteiger partial charge on any atom is 0.0587 e. The maximum absolute atomic E-state index is 11.5. The third kappa shape index (κ3) is 5.62. The summed E-state index contributed by atoms with van der Waals surface area (Å²) in [6.45, 7) is 8.42. The fourth-order valence-corrected chi connectivity index (χ4v) is 4.73. The molecule has 0 radical (unpaired) electrons. The molecule has 0 aromatic carbocycles. The lowest BCUT2D eigenvalue weighted by Crippen LogP contribution is -2.49. The Morgan fingerprint density at radius 2 is 1.95 bits per heavy atom. The van der Waals surface area contributed by atoms with Gasteiger partial charge in [-0.2, -0.15) is 0 Å². The Balaban J connectivity index is 1.86. The first-order valence-corrected chi connectivity index (χ1v) is 9.89. The lowest BCUT2D eigenvalue weighted by atomic mass is 9.70. The molecule has 2 aliphatic rings. The molecule has 0 bridgehead atoms. The van der Waals surface area contributed by atoms with Crippen LogP contribution in [0.2, 0.25) is 0 Å². The first kappa shape index (κ1) is 17.4. The van der Waals surface area contributed by atoms with Crippen molar-refractivity contribution < 1.29 is 8.95 Å². The first-order chi connectivity index (χ1) is 10.1. The minimum atomic E-state index is -0.569. The molecule has 4 nitrogen and oxygen atoms in total. The van der Waals surface area contributed by atoms with E-state index >= 15 is 0 Å². The van der Waals surface area contributed by atoms with Gasteiger partial charge in [-0.1, -0.05) is 19.8 Å². The smallest absolute Gasteiger partial charge is 0.0587 e. The Labute approximate surface area is 132 Å². The molecule has 0 unspecified atom stereocenters. The van der Waals surface area contributed by atoms with Gasteiger partial charge in [-0.05, 0) is 24.2 Å². The molecule has 0 spiro atoms. The average molecular weight is 317 g/mol. The van der Waals surface area contributed by atoms with Gasteiger partial charge >= 0.3 is 0 Å². The van der Waals surface area contributed by atoms with Crippen LogP contribution in [0.4, 0.5) is 0 Å². The minimum Gasteiger partial charge on any atom is -0.383 e. The molecule has 2 fully saturated rings. The summed E-state index contributed by atoms with van der Waals surface area (Å²) in [5.41, 5.74) is 0.416. The summed E-state index contributed by atoms with van der Waals surface area (Å²) in [5, 5.41) is 3.60. The van der Waals surface area contributed by atoms with Gasteiger partial charge in [0.25, 0.3) is 0 Å². The zero-order valence-electron chi connectivity index (χ0n) is 13.7. The van der Waals surface area contributed by atoms with Gasteiger partial charge in [0.05, 0.1) is 6.61 Å². The number of rotatable bonds is 7. The van der Waals surface area contributed by atoms with Crippen LogP contribution in [0.5, 0.6) is 0 Å². The molecule has 1 N–H and O–H groups in total. The largest absolute Gasteiger partial charge is 0.383 e. The fraction of sp³-hybridized carbons (Fsp3) is 1.00. The molecule has 0 aromatic rings. The van der Waals surface area contributed by atoms with E-state index in [9.17, 15) is 4.21 Å². The Bertz CT molecular complexity index is 320. The predicted octanol–water partition coefficient (Wildman–Crippen LogP) is 1.48. The molecular weight excluding hydrogens is 284 g/mol. The van der Waals surface area contributed by atoms with E-state index in [1.54, 1.807) is 7.11 Å². The summed E-state index contributed by atoms with van der Waals surface area (Å²) < 4.78 is 16.7. The van der Waals surface area contributed by atoms with Crippen LogP contribution >= 0.6 is 0 Å². The Morgan fingerprint density at radius 3 is 2.57 bits per heavy atom. The van der Waals surface area contributed by atoms with E-state index in [1.165, 1.54) is 32.2 Å². The van der Waals surface area contributed by atoms with Crippen molar-refractivity contribution in [3.8, 4) is 0 Å². The van der Waals surface area contributed by atoms with E-state index in [-0.39, 0.29) is 0 Å². The molecule has 1 saturated carbocycles. The second-order valence-corrected chi connectivity index (χ2v) is 8.67. The van der Waals surface area contributed by atoms with Crippen molar-refractivity contribution in [2.45, 2.75) is 32.6 Å². The van der Waals surface area contributed by atoms with Crippen molar-refractivity contribution in [2.24, 2.45) is 11.3 Å². The second kappa shape index (κ2) is 8.61. The molecule has 1 aliphatic carbocycles. The van der Waals surface area contributed by atoms with E-state index in [0.29, 0.717) is 5.41 Å². The maximum atomic E-state index is 11.5. The highest BCUT2D eigenvalue weighted by Gasteiger charge is 2.36. The SMILES string of the molecule is COCCNCC1(CN2CCS(=O)CC2)CCC(C)CC1. The number of ether oxygens (including phenoxy) is 1. The second-order valence-electron chi connectivity index (χ2n) is 6.98. The number of nitrogens with one attached hydrogen (secondary N) is 1. The highest BCUT2D eigenvalue weighted by molar-refractivity contribution is 7.85. The lowest BCUT2D eigenvalue weighted by Gasteiger charge is -2.44. The molecule has 1 heterocycles. The van der Waals surface area contributed by atoms with Crippen LogP contribution in [0.25, 0.3) is 0 Å². The van der Waals surface area contributed by atoms with Gasteiger partial charge in [-0.25, -0.2) is 0 Å². The number of methoxy groups -OCH3 is 1. The first-order valence-electron chi connectivity index (χ1n) is 8.40. The van der Waals surface area contributed by atoms with Gasteiger partial charge in [0, 0.05) is 62.1 Å². The van der Waals surface area contributed by atoms with Gasteiger partial charge in [-0.15, -0.1) is 0 Å². The molecule has 0 amide bonds. The lowest BCUT2D eigenvalue weighted by molar-refractivity contribution is 0.0881. The summed E-state index contributed by atoms with van der Waals surface area (Å²) in [6, 6.07) is 0. The Kier molecular flexibility index (Phi) is 7.13. The highest BCUT2D eigenvalue weighted by atomic mass is 32.2. The van der Waals surface area contributed by atoms with Gasteiger partial charge in [-0.3, -0.25) is 4.21 Å². The quantitative estimate of drug-likeness (QED) is 0.723. The third-order valence-electron chi connectivity index (χ3n) is 5.15. The van der Waals surface area contributed by atoms with Crippen molar-refractivity contribution in [3.05, 3.63) is 0 Å². The average Bonchev–Trinajstić information content (AvgIpc) is 2.49. The van der Waals surface area contributed by atoms with E-state index in [2.05, 4.69) is 17.1 Å². The van der Waals surface area contributed by atoms with Crippen LogP contribution in [-0.4, -0.2) is 67.1 Å². The molecule has 21 heavy (non-hydrogen) atoms. The summed E-state index contributed by atoms with van der Waals surface area (Å²) in [5.74, 6) is 2.61. The number of hydrogen-bond acceptors (Lipinski definition) is 4. The molecular formula is C16H32N2O2S. The zero-order chi connectivity index (χ0) is 15.1. The van der Waals surface area contributed by atoms with Crippen LogP contribution in [-0.2, 0) is 15.5 Å². The van der Waals surface area contributed by atoms with Gasteiger partial charge in [0.15, 0.2) is 0 Å². The fourth-order valence-electron chi connectivity index (χ4n) is 3.60. The highest BCUT2D eigenvalue weighted by Crippen LogP contribution is 2.39. The molecule has 124 valence electrons. The normalized spacial score (nSPS) is 32.4. The van der Waals surface area contributed by atoms with Crippen molar-refractivity contribution in [3.63, 3.8) is 0 Å². The summed E-state index contributed by atoms with van der Waals surface area (Å²) >= 11 is 0. The molecule has 1 aliphatic heterocycles. The molecule has 0 aromatic heterocycles. The molecule has 1 saturated heterocycles. The van der Waals surface area contributed by atoms with Crippen LogP contribution in [0.3, 0.4) is 0 Å². The van der Waals surface area contributed by atoms with E-state index in [0.717, 1.165) is 50.2 Å². The topological polar surface area (TPSA) is 41.6 Å². The third-order valence-corrected chi connectivity index (χ3v) is 6.42. The molecule has 0 atom stereocenters. The summed E-state index contributed by atoms with van der Waals surface area (Å²) in [6.07, 6.45) is 5.36.